The molecular formula is C8H7N3O. The van der Waals surface area contributed by atoms with Crippen LogP contribution in [0.15, 0.2) is 35.5 Å². The molecule has 2 heterocycles. The lowest BCUT2D eigenvalue weighted by Crippen LogP contribution is -1.99. The van der Waals surface area contributed by atoms with Crippen LogP contribution in [0.4, 0.5) is 0 Å². The maximum atomic E-state index is 10.7. The van der Waals surface area contributed by atoms with Crippen molar-refractivity contribution in [2.24, 2.45) is 0 Å². The maximum Gasteiger partial charge on any atom is 0.323 e. The molecule has 0 aromatic carbocycles. The highest BCUT2D eigenvalue weighted by molar-refractivity contribution is 5.55. The molecule has 2 rings (SSSR count). The quantitative estimate of drug-likeness (QED) is 0.648. The van der Waals surface area contributed by atoms with Crippen LogP contribution in [0.25, 0.3) is 11.3 Å². The fourth-order valence-electron chi connectivity index (χ4n) is 1.01. The van der Waals surface area contributed by atoms with Gasteiger partial charge in [-0.2, -0.15) is 0 Å². The van der Waals surface area contributed by atoms with Crippen molar-refractivity contribution in [3.05, 3.63) is 41.2 Å². The lowest BCUT2D eigenvalue weighted by molar-refractivity contribution is 1.19. The number of aromatic amines is 2. The molecule has 0 saturated heterocycles. The summed E-state index contributed by atoms with van der Waals surface area (Å²) in [7, 11) is 0. The zero-order chi connectivity index (χ0) is 8.39. The van der Waals surface area contributed by atoms with Gasteiger partial charge >= 0.3 is 5.69 Å². The molecule has 0 aliphatic heterocycles. The molecule has 12 heavy (non-hydrogen) atoms. The first kappa shape index (κ1) is 6.84. The van der Waals surface area contributed by atoms with E-state index in [0.29, 0.717) is 0 Å². The van der Waals surface area contributed by atoms with Crippen molar-refractivity contribution >= 4 is 0 Å². The summed E-state index contributed by atoms with van der Waals surface area (Å²) in [6, 6.07) is 3.70. The number of nitrogens with one attached hydrogen (secondary N) is 2. The van der Waals surface area contributed by atoms with Gasteiger partial charge in [-0.15, -0.1) is 0 Å². The molecule has 0 aliphatic carbocycles. The van der Waals surface area contributed by atoms with Crippen LogP contribution in [0.5, 0.6) is 0 Å². The van der Waals surface area contributed by atoms with E-state index < -0.39 is 0 Å². The summed E-state index contributed by atoms with van der Waals surface area (Å²) in [5.74, 6) is 0. The van der Waals surface area contributed by atoms with Gasteiger partial charge in [-0.25, -0.2) is 4.79 Å². The second kappa shape index (κ2) is 2.65. The molecule has 0 amide bonds. The van der Waals surface area contributed by atoms with Gasteiger partial charge < -0.3 is 9.97 Å². The first-order valence-electron chi connectivity index (χ1n) is 3.54. The van der Waals surface area contributed by atoms with E-state index in [-0.39, 0.29) is 5.69 Å². The molecule has 2 aromatic heterocycles. The van der Waals surface area contributed by atoms with Crippen LogP contribution in [-0.2, 0) is 0 Å². The van der Waals surface area contributed by atoms with Crippen molar-refractivity contribution in [1.82, 2.24) is 15.0 Å². The van der Waals surface area contributed by atoms with E-state index in [4.69, 9.17) is 0 Å². The van der Waals surface area contributed by atoms with Crippen molar-refractivity contribution in [1.29, 1.82) is 0 Å². The number of rotatable bonds is 1. The molecule has 0 atom stereocenters. The van der Waals surface area contributed by atoms with Gasteiger partial charge in [-0.1, -0.05) is 0 Å². The average Bonchev–Trinajstić information content (AvgIpc) is 2.54. The van der Waals surface area contributed by atoms with Gasteiger partial charge in [-0.3, -0.25) is 4.98 Å². The first-order valence-corrected chi connectivity index (χ1v) is 3.54. The third-order valence-electron chi connectivity index (χ3n) is 1.57. The number of aromatic nitrogens is 3. The van der Waals surface area contributed by atoms with Crippen molar-refractivity contribution in [3.63, 3.8) is 0 Å². The van der Waals surface area contributed by atoms with Crippen molar-refractivity contribution in [3.8, 4) is 11.3 Å². The van der Waals surface area contributed by atoms with Crippen LogP contribution in [-0.4, -0.2) is 15.0 Å². The summed E-state index contributed by atoms with van der Waals surface area (Å²) in [5, 5.41) is 0. The number of hydrogen-bond donors (Lipinski definition) is 2. The van der Waals surface area contributed by atoms with E-state index in [1.807, 2.05) is 12.1 Å². The average molecular weight is 161 g/mol. The highest BCUT2D eigenvalue weighted by atomic mass is 16.1. The van der Waals surface area contributed by atoms with E-state index in [0.717, 1.165) is 11.3 Å². The minimum Gasteiger partial charge on any atom is -0.312 e. The van der Waals surface area contributed by atoms with E-state index in [9.17, 15) is 4.79 Å². The third-order valence-corrected chi connectivity index (χ3v) is 1.57. The van der Waals surface area contributed by atoms with E-state index in [2.05, 4.69) is 15.0 Å². The predicted octanol–water partition coefficient (Wildman–Crippen LogP) is 0.765. The zero-order valence-electron chi connectivity index (χ0n) is 6.24. The van der Waals surface area contributed by atoms with Gasteiger partial charge in [-0.05, 0) is 12.1 Å². The smallest absolute Gasteiger partial charge is 0.312 e. The van der Waals surface area contributed by atoms with Crippen LogP contribution < -0.4 is 5.69 Å². The van der Waals surface area contributed by atoms with Crippen LogP contribution in [0.1, 0.15) is 0 Å². The summed E-state index contributed by atoms with van der Waals surface area (Å²) in [4.78, 5) is 19.8. The minimum absolute atomic E-state index is 0.200. The highest BCUT2D eigenvalue weighted by Crippen LogP contribution is 2.11. The molecule has 0 bridgehead atoms. The summed E-state index contributed by atoms with van der Waals surface area (Å²) in [6.07, 6.45) is 5.01. The monoisotopic (exact) mass is 161 g/mol. The van der Waals surface area contributed by atoms with Gasteiger partial charge in [0.15, 0.2) is 0 Å². The Morgan fingerprint density at radius 1 is 1.42 bits per heavy atom. The zero-order valence-corrected chi connectivity index (χ0v) is 6.24. The second-order valence-corrected chi connectivity index (χ2v) is 2.40. The Morgan fingerprint density at radius 3 is 2.92 bits per heavy atom. The predicted molar refractivity (Wildman–Crippen MR) is 44.6 cm³/mol. The van der Waals surface area contributed by atoms with Crippen LogP contribution >= 0.6 is 0 Å². The number of imidazole rings is 1. The lowest BCUT2D eigenvalue weighted by atomic mass is 10.2. The Morgan fingerprint density at radius 2 is 2.33 bits per heavy atom. The van der Waals surface area contributed by atoms with Gasteiger partial charge in [0.2, 0.25) is 0 Å². The Kier molecular flexibility index (Phi) is 1.51. The van der Waals surface area contributed by atoms with Gasteiger partial charge in [0.1, 0.15) is 0 Å². The van der Waals surface area contributed by atoms with Crippen molar-refractivity contribution < 1.29 is 0 Å². The van der Waals surface area contributed by atoms with Crippen LogP contribution in [0.3, 0.4) is 0 Å². The summed E-state index contributed by atoms with van der Waals surface area (Å²) < 4.78 is 0. The molecule has 60 valence electrons. The van der Waals surface area contributed by atoms with Gasteiger partial charge in [0, 0.05) is 24.2 Å². The minimum atomic E-state index is -0.200. The Labute approximate surface area is 68.3 Å². The fraction of sp³-hybridized carbons (Fsp3) is 0. The van der Waals surface area contributed by atoms with Crippen molar-refractivity contribution in [2.75, 3.05) is 0 Å². The van der Waals surface area contributed by atoms with E-state index >= 15 is 0 Å². The number of pyridine rings is 1. The molecule has 0 aliphatic rings. The molecular weight excluding hydrogens is 154 g/mol. The molecule has 2 aromatic rings. The first-order chi connectivity index (χ1) is 5.86. The maximum absolute atomic E-state index is 10.7. The fourth-order valence-corrected chi connectivity index (χ4v) is 1.01. The summed E-state index contributed by atoms with van der Waals surface area (Å²) in [5.41, 5.74) is 1.46. The SMILES string of the molecule is O=c1[nH]cc(-c2cccnc2)[nH]1. The molecule has 0 unspecified atom stereocenters. The Hall–Kier alpha value is -1.84. The van der Waals surface area contributed by atoms with Crippen molar-refractivity contribution in [2.45, 2.75) is 0 Å². The second-order valence-electron chi connectivity index (χ2n) is 2.40. The normalized spacial score (nSPS) is 10.0. The highest BCUT2D eigenvalue weighted by Gasteiger charge is 1.97. The van der Waals surface area contributed by atoms with E-state index in [1.54, 1.807) is 18.6 Å². The standard InChI is InChI=1S/C8H7N3O/c12-8-10-5-7(11-8)6-2-1-3-9-4-6/h1-5H,(H2,10,11,12). The van der Waals surface area contributed by atoms with Crippen LogP contribution in [0.2, 0.25) is 0 Å². The largest absolute Gasteiger partial charge is 0.323 e. The molecule has 0 fully saturated rings. The molecule has 0 radical (unpaired) electrons. The number of H-pyrrole nitrogens is 2. The summed E-state index contributed by atoms with van der Waals surface area (Å²) >= 11 is 0. The molecule has 2 N–H and O–H groups in total. The topological polar surface area (TPSA) is 61.5 Å². The molecule has 4 heteroatoms. The lowest BCUT2D eigenvalue weighted by Gasteiger charge is -1.92. The van der Waals surface area contributed by atoms with E-state index in [1.165, 1.54) is 0 Å². The number of hydrogen-bond acceptors (Lipinski definition) is 2. The molecule has 0 saturated carbocycles. The molecule has 4 nitrogen and oxygen atoms in total. The summed E-state index contributed by atoms with van der Waals surface area (Å²) in [6.45, 7) is 0. The number of nitrogens with zero attached hydrogens (tertiary/aromatic N) is 1. The third kappa shape index (κ3) is 1.14. The Balaban J connectivity index is 2.51. The van der Waals surface area contributed by atoms with Crippen LogP contribution in [0, 0.1) is 0 Å². The Bertz CT molecular complexity index is 415. The molecule has 0 spiro atoms. The van der Waals surface area contributed by atoms with Gasteiger partial charge in [0.05, 0.1) is 5.69 Å². The van der Waals surface area contributed by atoms with Gasteiger partial charge in [0.25, 0.3) is 0 Å².